The number of carbonyl (C=O) groups excluding carboxylic acids is 1. The summed E-state index contributed by atoms with van der Waals surface area (Å²) in [6, 6.07) is 10.8. The van der Waals surface area contributed by atoms with E-state index in [1.54, 1.807) is 12.1 Å². The first-order valence-electron chi connectivity index (χ1n) is 10.4. The second-order valence-electron chi connectivity index (χ2n) is 8.28. The van der Waals surface area contributed by atoms with Crippen LogP contribution in [0, 0.1) is 19.8 Å². The average Bonchev–Trinajstić information content (AvgIpc) is 2.70. The molecule has 1 fully saturated rings. The minimum Gasteiger partial charge on any atom is -0.349 e. The summed E-state index contributed by atoms with van der Waals surface area (Å²) in [4.78, 5) is 12.9. The van der Waals surface area contributed by atoms with E-state index in [9.17, 15) is 13.2 Å². The van der Waals surface area contributed by atoms with Gasteiger partial charge in [0.25, 0.3) is 0 Å². The summed E-state index contributed by atoms with van der Waals surface area (Å²) in [5.41, 5.74) is 3.87. The lowest BCUT2D eigenvalue weighted by Crippen LogP contribution is -2.46. The number of carbonyl (C=O) groups is 1. The molecule has 0 aromatic heterocycles. The SMILES string of the molecule is Cc1ccc([C@@H](C)NC(=O)[C@H]2CCCN(S(=O)(=O)Cc3ccc(Cl)cc3Cl)C2)c(C)c1. The first-order chi connectivity index (χ1) is 14.6. The molecule has 1 amide bonds. The molecule has 168 valence electrons. The zero-order chi connectivity index (χ0) is 22.8. The second kappa shape index (κ2) is 9.90. The molecule has 1 aliphatic heterocycles. The van der Waals surface area contributed by atoms with Gasteiger partial charge in [-0.1, -0.05) is 53.0 Å². The lowest BCUT2D eigenvalue weighted by Gasteiger charge is -2.32. The van der Waals surface area contributed by atoms with Crippen LogP contribution < -0.4 is 5.32 Å². The summed E-state index contributed by atoms with van der Waals surface area (Å²) in [7, 11) is -3.60. The van der Waals surface area contributed by atoms with Crippen molar-refractivity contribution in [1.82, 2.24) is 9.62 Å². The van der Waals surface area contributed by atoms with Crippen LogP contribution in [0.25, 0.3) is 0 Å². The number of amides is 1. The van der Waals surface area contributed by atoms with Crippen molar-refractivity contribution in [3.63, 3.8) is 0 Å². The summed E-state index contributed by atoms with van der Waals surface area (Å²) in [5, 5.41) is 3.85. The molecule has 2 aromatic carbocycles. The third-order valence-electron chi connectivity index (χ3n) is 5.75. The Labute approximate surface area is 194 Å². The molecule has 0 spiro atoms. The van der Waals surface area contributed by atoms with Gasteiger partial charge in [0.2, 0.25) is 15.9 Å². The third kappa shape index (κ3) is 6.01. The number of nitrogens with zero attached hydrogens (tertiary/aromatic N) is 1. The lowest BCUT2D eigenvalue weighted by atomic mass is 9.96. The highest BCUT2D eigenvalue weighted by Crippen LogP contribution is 2.27. The summed E-state index contributed by atoms with van der Waals surface area (Å²) in [6.45, 7) is 6.61. The Morgan fingerprint density at radius 1 is 1.19 bits per heavy atom. The van der Waals surface area contributed by atoms with Crippen LogP contribution in [0.3, 0.4) is 0 Å². The minimum atomic E-state index is -3.60. The predicted molar refractivity (Wildman–Crippen MR) is 126 cm³/mol. The summed E-state index contributed by atoms with van der Waals surface area (Å²) < 4.78 is 27.4. The maximum Gasteiger partial charge on any atom is 0.224 e. The van der Waals surface area contributed by atoms with Gasteiger partial charge in [-0.15, -0.1) is 0 Å². The number of benzene rings is 2. The molecule has 1 heterocycles. The normalized spacial score (nSPS) is 18.5. The van der Waals surface area contributed by atoms with Gasteiger partial charge in [-0.3, -0.25) is 4.79 Å². The number of rotatable bonds is 6. The number of piperidine rings is 1. The third-order valence-corrected chi connectivity index (χ3v) is 8.13. The van der Waals surface area contributed by atoms with Gasteiger partial charge in [0, 0.05) is 23.1 Å². The molecule has 3 rings (SSSR count). The highest BCUT2D eigenvalue weighted by Gasteiger charge is 2.33. The molecule has 1 N–H and O–H groups in total. The molecular formula is C23H28Cl2N2O3S. The second-order valence-corrected chi connectivity index (χ2v) is 11.1. The van der Waals surface area contributed by atoms with Gasteiger partial charge >= 0.3 is 0 Å². The highest BCUT2D eigenvalue weighted by atomic mass is 35.5. The topological polar surface area (TPSA) is 66.5 Å². The van der Waals surface area contributed by atoms with Crippen molar-refractivity contribution in [3.05, 3.63) is 68.7 Å². The molecule has 1 saturated heterocycles. The molecule has 0 aliphatic carbocycles. The van der Waals surface area contributed by atoms with Crippen molar-refractivity contribution in [2.45, 2.75) is 45.4 Å². The maximum absolute atomic E-state index is 13.0. The Balaban J connectivity index is 1.66. The molecule has 2 atom stereocenters. The van der Waals surface area contributed by atoms with Crippen LogP contribution in [-0.2, 0) is 20.6 Å². The highest BCUT2D eigenvalue weighted by molar-refractivity contribution is 7.88. The van der Waals surface area contributed by atoms with Crippen LogP contribution in [0.4, 0.5) is 0 Å². The van der Waals surface area contributed by atoms with E-state index in [-0.39, 0.29) is 30.2 Å². The quantitative estimate of drug-likeness (QED) is 0.627. The van der Waals surface area contributed by atoms with Crippen LogP contribution in [0.15, 0.2) is 36.4 Å². The molecule has 31 heavy (non-hydrogen) atoms. The van der Waals surface area contributed by atoms with Gasteiger partial charge in [-0.05, 0) is 62.4 Å². The molecule has 0 bridgehead atoms. The van der Waals surface area contributed by atoms with Gasteiger partial charge in [0.05, 0.1) is 17.7 Å². The molecule has 5 nitrogen and oxygen atoms in total. The van der Waals surface area contributed by atoms with Crippen molar-refractivity contribution < 1.29 is 13.2 Å². The van der Waals surface area contributed by atoms with Crippen LogP contribution >= 0.6 is 23.2 Å². The van der Waals surface area contributed by atoms with Gasteiger partial charge in [-0.2, -0.15) is 0 Å². The zero-order valence-electron chi connectivity index (χ0n) is 18.0. The Kier molecular flexibility index (Phi) is 7.68. The van der Waals surface area contributed by atoms with Gasteiger partial charge in [0.15, 0.2) is 0 Å². The van der Waals surface area contributed by atoms with Crippen LogP contribution in [0.1, 0.15) is 48.1 Å². The van der Waals surface area contributed by atoms with Crippen LogP contribution in [0.2, 0.25) is 10.0 Å². The van der Waals surface area contributed by atoms with Crippen LogP contribution in [-0.4, -0.2) is 31.7 Å². The first-order valence-corrected chi connectivity index (χ1v) is 12.7. The Bertz CT molecular complexity index is 1070. The van der Waals surface area contributed by atoms with Crippen molar-refractivity contribution in [2.24, 2.45) is 5.92 Å². The number of sulfonamides is 1. The number of halogens is 2. The first kappa shape index (κ1) is 24.1. The molecule has 0 radical (unpaired) electrons. The van der Waals surface area contributed by atoms with Gasteiger partial charge < -0.3 is 5.32 Å². The molecule has 2 aromatic rings. The zero-order valence-corrected chi connectivity index (χ0v) is 20.3. The van der Waals surface area contributed by atoms with Crippen molar-refractivity contribution in [2.75, 3.05) is 13.1 Å². The largest absolute Gasteiger partial charge is 0.349 e. The average molecular weight is 483 g/mol. The maximum atomic E-state index is 13.0. The molecule has 0 unspecified atom stereocenters. The molecule has 0 saturated carbocycles. The van der Waals surface area contributed by atoms with Crippen molar-refractivity contribution >= 4 is 39.1 Å². The van der Waals surface area contributed by atoms with Crippen molar-refractivity contribution in [1.29, 1.82) is 0 Å². The Morgan fingerprint density at radius 3 is 2.61 bits per heavy atom. The monoisotopic (exact) mass is 482 g/mol. The Morgan fingerprint density at radius 2 is 1.94 bits per heavy atom. The Hall–Kier alpha value is -1.60. The van der Waals surface area contributed by atoms with Crippen LogP contribution in [0.5, 0.6) is 0 Å². The molecular weight excluding hydrogens is 455 g/mol. The van der Waals surface area contributed by atoms with E-state index in [1.807, 2.05) is 32.9 Å². The number of hydrogen-bond acceptors (Lipinski definition) is 3. The number of hydrogen-bond donors (Lipinski definition) is 1. The summed E-state index contributed by atoms with van der Waals surface area (Å²) >= 11 is 12.1. The number of aryl methyl sites for hydroxylation is 2. The summed E-state index contributed by atoms with van der Waals surface area (Å²) in [5.74, 6) is -0.703. The van der Waals surface area contributed by atoms with E-state index < -0.39 is 10.0 Å². The van der Waals surface area contributed by atoms with Gasteiger partial charge in [0.1, 0.15) is 0 Å². The van der Waals surface area contributed by atoms with E-state index in [4.69, 9.17) is 23.2 Å². The standard InChI is InChI=1S/C23H28Cl2N2O3S/c1-15-6-9-21(16(2)11-15)17(3)26-23(28)18-5-4-10-27(13-18)31(29,30)14-19-7-8-20(24)12-22(19)25/h6-9,11-12,17-18H,4-5,10,13-14H2,1-3H3,(H,26,28)/t17-,18+/m1/s1. The van der Waals surface area contributed by atoms with Gasteiger partial charge in [-0.25, -0.2) is 12.7 Å². The van der Waals surface area contributed by atoms with E-state index in [1.165, 1.54) is 15.9 Å². The van der Waals surface area contributed by atoms with E-state index in [0.29, 0.717) is 35.0 Å². The molecule has 1 aliphatic rings. The molecule has 8 heteroatoms. The van der Waals surface area contributed by atoms with E-state index in [2.05, 4.69) is 11.4 Å². The number of nitrogens with one attached hydrogen (secondary N) is 1. The van der Waals surface area contributed by atoms with E-state index in [0.717, 1.165) is 11.1 Å². The fourth-order valence-electron chi connectivity index (χ4n) is 4.06. The fourth-order valence-corrected chi connectivity index (χ4v) is 6.25. The van der Waals surface area contributed by atoms with E-state index >= 15 is 0 Å². The smallest absolute Gasteiger partial charge is 0.224 e. The lowest BCUT2D eigenvalue weighted by molar-refractivity contribution is -0.126. The predicted octanol–water partition coefficient (Wildman–Crippen LogP) is 5.03. The minimum absolute atomic E-state index is 0.114. The van der Waals surface area contributed by atoms with Crippen molar-refractivity contribution in [3.8, 4) is 0 Å². The summed E-state index contributed by atoms with van der Waals surface area (Å²) in [6.07, 6.45) is 1.31. The fraction of sp³-hybridized carbons (Fsp3) is 0.435.